The van der Waals surface area contributed by atoms with Crippen molar-refractivity contribution in [1.82, 2.24) is 15.1 Å². The van der Waals surface area contributed by atoms with Gasteiger partial charge in [0, 0.05) is 24.3 Å². The molecule has 7 nitrogen and oxygen atoms in total. The lowest BCUT2D eigenvalue weighted by molar-refractivity contribution is -0.161. The maximum Gasteiger partial charge on any atom is 0.314 e. The predicted octanol–water partition coefficient (Wildman–Crippen LogP) is 1.56. The molecule has 0 unspecified atom stereocenters. The molecule has 0 spiro atoms. The van der Waals surface area contributed by atoms with Crippen LogP contribution in [0.1, 0.15) is 40.2 Å². The van der Waals surface area contributed by atoms with Crippen LogP contribution in [0, 0.1) is 11.2 Å². The van der Waals surface area contributed by atoms with Crippen LogP contribution in [-0.2, 0) is 24.1 Å². The predicted molar refractivity (Wildman–Crippen MR) is 97.3 cm³/mol. The lowest BCUT2D eigenvalue weighted by Crippen LogP contribution is -2.58. The van der Waals surface area contributed by atoms with Crippen LogP contribution < -0.4 is 0 Å². The number of nitrogens with zero attached hydrogens (tertiary/aromatic N) is 2. The molecule has 1 fully saturated rings. The number of piperidine rings is 1. The van der Waals surface area contributed by atoms with Crippen molar-refractivity contribution in [2.45, 2.75) is 38.2 Å². The van der Waals surface area contributed by atoms with E-state index < -0.39 is 23.3 Å². The Balaban J connectivity index is 1.63. The minimum absolute atomic E-state index is 0.0658. The first-order valence-electron chi connectivity index (χ1n) is 9.42. The maximum absolute atomic E-state index is 13.6. The van der Waals surface area contributed by atoms with E-state index in [0.29, 0.717) is 11.3 Å². The number of carboxylic acids is 1. The number of halogens is 1. The number of carbonyl (C=O) groups excluding carboxylic acids is 1. The number of fused-ring (bicyclic) bond motifs is 1. The average molecular weight is 387 g/mol. The molecular weight excluding hydrogens is 365 g/mol. The molecule has 1 aromatic carbocycles. The number of aromatic nitrogens is 2. The van der Waals surface area contributed by atoms with Gasteiger partial charge in [0.1, 0.15) is 11.2 Å². The van der Waals surface area contributed by atoms with Crippen LogP contribution in [0.15, 0.2) is 24.3 Å². The van der Waals surface area contributed by atoms with Crippen LogP contribution in [0.5, 0.6) is 0 Å². The van der Waals surface area contributed by atoms with Gasteiger partial charge in [-0.2, -0.15) is 5.10 Å². The van der Waals surface area contributed by atoms with Gasteiger partial charge < -0.3 is 15.1 Å². The molecule has 2 aliphatic rings. The summed E-state index contributed by atoms with van der Waals surface area (Å²) >= 11 is 0. The first-order valence-corrected chi connectivity index (χ1v) is 9.42. The second-order valence-electron chi connectivity index (χ2n) is 7.68. The minimum Gasteiger partial charge on any atom is -0.481 e. The number of aryl methyl sites for hydroxylation is 1. The monoisotopic (exact) mass is 387 g/mol. The summed E-state index contributed by atoms with van der Waals surface area (Å²) in [5.41, 5.74) is 1.08. The number of aromatic amines is 1. The number of carboxylic acid groups (broad SMARTS) is 1. The highest BCUT2D eigenvalue weighted by Crippen LogP contribution is 2.36. The molecule has 2 aromatic rings. The van der Waals surface area contributed by atoms with Gasteiger partial charge in [0.05, 0.1) is 6.10 Å². The van der Waals surface area contributed by atoms with Crippen molar-refractivity contribution >= 4 is 11.9 Å². The smallest absolute Gasteiger partial charge is 0.314 e. The zero-order valence-electron chi connectivity index (χ0n) is 15.3. The highest BCUT2D eigenvalue weighted by Gasteiger charge is 2.50. The molecule has 1 amide bonds. The Bertz CT molecular complexity index is 928. The Hall–Kier alpha value is -2.74. The van der Waals surface area contributed by atoms with Crippen LogP contribution in [0.4, 0.5) is 4.39 Å². The van der Waals surface area contributed by atoms with Gasteiger partial charge in [-0.3, -0.25) is 14.7 Å². The first-order chi connectivity index (χ1) is 13.4. The standard InChI is InChI=1S/C20H22FN3O4/c21-13-4-1-3-12(9-13)10-20(19(27)28)11-24(8-7-16(20)25)18(26)17-14-5-2-6-15(14)22-23-17/h1,3-4,9,16,25H,2,5-8,10-11H2,(H,22,23)(H,27,28)/t16-,20-/m1/s1. The van der Waals surface area contributed by atoms with E-state index in [0.717, 1.165) is 30.5 Å². The van der Waals surface area contributed by atoms with Gasteiger partial charge in [-0.05, 0) is 49.8 Å². The molecule has 2 heterocycles. The number of benzene rings is 1. The van der Waals surface area contributed by atoms with Crippen molar-refractivity contribution in [1.29, 1.82) is 0 Å². The largest absolute Gasteiger partial charge is 0.481 e. The fourth-order valence-corrected chi connectivity index (χ4v) is 4.37. The Morgan fingerprint density at radius 2 is 2.18 bits per heavy atom. The number of aliphatic carboxylic acids is 1. The average Bonchev–Trinajstić information content (AvgIpc) is 3.26. The van der Waals surface area contributed by atoms with Crippen LogP contribution in [0.25, 0.3) is 0 Å². The lowest BCUT2D eigenvalue weighted by atomic mass is 9.72. The fourth-order valence-electron chi connectivity index (χ4n) is 4.37. The van der Waals surface area contributed by atoms with E-state index in [1.54, 1.807) is 6.07 Å². The van der Waals surface area contributed by atoms with Gasteiger partial charge in [0.15, 0.2) is 5.69 Å². The number of hydrogen-bond acceptors (Lipinski definition) is 4. The number of amides is 1. The molecule has 3 N–H and O–H groups in total. The SMILES string of the molecule is O=C(c1n[nH]c2c1CCC2)N1CC[C@@H](O)[C@](Cc2cccc(F)c2)(C(=O)O)C1. The van der Waals surface area contributed by atoms with E-state index in [-0.39, 0.29) is 31.8 Å². The van der Waals surface area contributed by atoms with Crippen LogP contribution in [0.3, 0.4) is 0 Å². The van der Waals surface area contributed by atoms with E-state index in [1.165, 1.54) is 23.1 Å². The molecule has 2 atom stereocenters. The Kier molecular flexibility index (Phi) is 4.66. The van der Waals surface area contributed by atoms with E-state index in [9.17, 15) is 24.2 Å². The molecule has 8 heteroatoms. The summed E-state index contributed by atoms with van der Waals surface area (Å²) in [4.78, 5) is 26.7. The molecule has 0 saturated carbocycles. The zero-order valence-corrected chi connectivity index (χ0v) is 15.3. The summed E-state index contributed by atoms with van der Waals surface area (Å²) in [6.45, 7) is 0.0975. The number of aliphatic hydroxyl groups excluding tert-OH is 1. The third-order valence-electron chi connectivity index (χ3n) is 5.91. The third kappa shape index (κ3) is 3.07. The molecule has 0 radical (unpaired) electrons. The summed E-state index contributed by atoms with van der Waals surface area (Å²) in [6.07, 6.45) is 1.52. The normalized spacial score (nSPS) is 24.2. The molecule has 4 rings (SSSR count). The van der Waals surface area contributed by atoms with Crippen molar-refractivity contribution in [2.24, 2.45) is 5.41 Å². The maximum atomic E-state index is 13.6. The third-order valence-corrected chi connectivity index (χ3v) is 5.91. The summed E-state index contributed by atoms with van der Waals surface area (Å²) in [5, 5.41) is 27.6. The van der Waals surface area contributed by atoms with Gasteiger partial charge in [0.2, 0.25) is 0 Å². The van der Waals surface area contributed by atoms with Crippen LogP contribution in [0.2, 0.25) is 0 Å². The number of H-pyrrole nitrogens is 1. The van der Waals surface area contributed by atoms with Crippen LogP contribution >= 0.6 is 0 Å². The lowest BCUT2D eigenvalue weighted by Gasteiger charge is -2.43. The highest BCUT2D eigenvalue weighted by atomic mass is 19.1. The van der Waals surface area contributed by atoms with E-state index >= 15 is 0 Å². The second kappa shape index (κ2) is 7.01. The molecule has 1 saturated heterocycles. The van der Waals surface area contributed by atoms with Gasteiger partial charge in [-0.25, -0.2) is 4.39 Å². The number of carbonyl (C=O) groups is 2. The van der Waals surface area contributed by atoms with E-state index in [4.69, 9.17) is 0 Å². The van der Waals surface area contributed by atoms with Gasteiger partial charge >= 0.3 is 5.97 Å². The molecule has 28 heavy (non-hydrogen) atoms. The van der Waals surface area contributed by atoms with E-state index in [2.05, 4.69) is 10.2 Å². The molecule has 1 aromatic heterocycles. The summed E-state index contributed by atoms with van der Waals surface area (Å²) in [5.74, 6) is -1.99. The van der Waals surface area contributed by atoms with Gasteiger partial charge in [-0.1, -0.05) is 12.1 Å². The molecule has 1 aliphatic heterocycles. The molecule has 1 aliphatic carbocycles. The number of aliphatic hydroxyl groups is 1. The second-order valence-corrected chi connectivity index (χ2v) is 7.68. The Labute approximate surface area is 161 Å². The number of likely N-dealkylation sites (tertiary alicyclic amines) is 1. The van der Waals surface area contributed by atoms with E-state index in [1.807, 2.05) is 0 Å². The van der Waals surface area contributed by atoms with Crippen molar-refractivity contribution in [3.05, 3.63) is 52.6 Å². The van der Waals surface area contributed by atoms with Crippen LogP contribution in [-0.4, -0.2) is 56.4 Å². The van der Waals surface area contributed by atoms with Gasteiger partial charge in [-0.15, -0.1) is 0 Å². The zero-order chi connectivity index (χ0) is 19.9. The number of rotatable bonds is 4. The summed E-state index contributed by atoms with van der Waals surface area (Å²) in [7, 11) is 0. The molecule has 0 bridgehead atoms. The van der Waals surface area contributed by atoms with Crippen molar-refractivity contribution < 1.29 is 24.2 Å². The quantitative estimate of drug-likeness (QED) is 0.738. The molecule has 148 valence electrons. The molecular formula is C20H22FN3O4. The topological polar surface area (TPSA) is 107 Å². The number of hydrogen-bond donors (Lipinski definition) is 3. The first kappa shape index (κ1) is 18.6. The highest BCUT2D eigenvalue weighted by molar-refractivity contribution is 5.94. The Morgan fingerprint density at radius 3 is 2.93 bits per heavy atom. The Morgan fingerprint density at radius 1 is 1.36 bits per heavy atom. The van der Waals surface area contributed by atoms with Gasteiger partial charge in [0.25, 0.3) is 5.91 Å². The van der Waals surface area contributed by atoms with Crippen molar-refractivity contribution in [3.8, 4) is 0 Å². The number of nitrogens with one attached hydrogen (secondary N) is 1. The minimum atomic E-state index is -1.60. The summed E-state index contributed by atoms with van der Waals surface area (Å²) < 4.78 is 13.6. The summed E-state index contributed by atoms with van der Waals surface area (Å²) in [6, 6.07) is 5.67. The fraction of sp³-hybridized carbons (Fsp3) is 0.450. The van der Waals surface area contributed by atoms with Crippen molar-refractivity contribution in [2.75, 3.05) is 13.1 Å². The van der Waals surface area contributed by atoms with Crippen molar-refractivity contribution in [3.63, 3.8) is 0 Å².